The molecule has 28 heavy (non-hydrogen) atoms. The SMILES string of the molecule is Cc1cc(C)cc(Nc2nc(C)cc(=O)n2CC(=O)N2C[C@H](C)C[C@@H](C)C2)c1. The van der Waals surface area contributed by atoms with Crippen molar-refractivity contribution < 1.29 is 4.79 Å². The number of carbonyl (C=O) groups is 1. The van der Waals surface area contributed by atoms with E-state index >= 15 is 0 Å². The van der Waals surface area contributed by atoms with Crippen LogP contribution in [0.1, 0.15) is 37.1 Å². The Morgan fingerprint density at radius 1 is 1.07 bits per heavy atom. The third-order valence-corrected chi connectivity index (χ3v) is 5.13. The van der Waals surface area contributed by atoms with Crippen molar-refractivity contribution in [2.75, 3.05) is 18.4 Å². The zero-order valence-corrected chi connectivity index (χ0v) is 17.5. The molecule has 2 atom stereocenters. The summed E-state index contributed by atoms with van der Waals surface area (Å²) in [7, 11) is 0. The number of hydrogen-bond donors (Lipinski definition) is 1. The van der Waals surface area contributed by atoms with E-state index in [1.165, 1.54) is 10.6 Å². The third kappa shape index (κ3) is 4.80. The normalized spacial score (nSPS) is 19.5. The number of hydrogen-bond acceptors (Lipinski definition) is 4. The highest BCUT2D eigenvalue weighted by molar-refractivity contribution is 5.76. The molecular weight excluding hydrogens is 352 g/mol. The van der Waals surface area contributed by atoms with Gasteiger partial charge in [-0.2, -0.15) is 0 Å². The standard InChI is InChI=1S/C22H30N4O2/c1-14-6-15(2)9-19(8-14)24-22-23-18(5)10-20(27)26(22)13-21(28)25-11-16(3)7-17(4)12-25/h6,8-10,16-17H,7,11-13H2,1-5H3,(H,23,24)/t16-,17-/m1/s1. The van der Waals surface area contributed by atoms with Gasteiger partial charge in [0.1, 0.15) is 6.54 Å². The van der Waals surface area contributed by atoms with Crippen molar-refractivity contribution in [1.82, 2.24) is 14.5 Å². The lowest BCUT2D eigenvalue weighted by Gasteiger charge is -2.35. The Morgan fingerprint density at radius 3 is 2.29 bits per heavy atom. The van der Waals surface area contributed by atoms with Gasteiger partial charge in [0, 0.05) is 30.5 Å². The second kappa shape index (κ2) is 8.17. The summed E-state index contributed by atoms with van der Waals surface area (Å²) in [6.07, 6.45) is 1.13. The van der Waals surface area contributed by atoms with Crippen LogP contribution in [0.5, 0.6) is 0 Å². The number of aromatic nitrogens is 2. The van der Waals surface area contributed by atoms with Crippen molar-refractivity contribution in [3.63, 3.8) is 0 Å². The fourth-order valence-corrected chi connectivity index (χ4v) is 4.15. The smallest absolute Gasteiger partial charge is 0.255 e. The lowest BCUT2D eigenvalue weighted by Crippen LogP contribution is -2.45. The first kappa shape index (κ1) is 20.1. The Bertz CT molecular complexity index is 904. The van der Waals surface area contributed by atoms with Gasteiger partial charge in [-0.05, 0) is 62.3 Å². The van der Waals surface area contributed by atoms with Crippen LogP contribution in [0.3, 0.4) is 0 Å². The molecule has 6 nitrogen and oxygen atoms in total. The van der Waals surface area contributed by atoms with Crippen LogP contribution in [-0.2, 0) is 11.3 Å². The average Bonchev–Trinajstić information content (AvgIpc) is 2.56. The van der Waals surface area contributed by atoms with Gasteiger partial charge in [-0.3, -0.25) is 14.2 Å². The summed E-state index contributed by atoms with van der Waals surface area (Å²) in [5, 5.41) is 3.24. The molecule has 0 radical (unpaired) electrons. The van der Waals surface area contributed by atoms with E-state index in [-0.39, 0.29) is 18.0 Å². The minimum absolute atomic E-state index is 0.00131. The van der Waals surface area contributed by atoms with Crippen molar-refractivity contribution in [2.24, 2.45) is 11.8 Å². The second-order valence-corrected chi connectivity index (χ2v) is 8.39. The Labute approximate surface area is 166 Å². The first-order valence-electron chi connectivity index (χ1n) is 9.93. The van der Waals surface area contributed by atoms with Crippen LogP contribution in [0.15, 0.2) is 29.1 Å². The maximum Gasteiger partial charge on any atom is 0.255 e. The van der Waals surface area contributed by atoms with Crippen molar-refractivity contribution >= 4 is 17.5 Å². The number of nitrogens with one attached hydrogen (secondary N) is 1. The quantitative estimate of drug-likeness (QED) is 0.880. The van der Waals surface area contributed by atoms with Gasteiger partial charge in [0.25, 0.3) is 5.56 Å². The average molecular weight is 383 g/mol. The summed E-state index contributed by atoms with van der Waals surface area (Å²) in [5.74, 6) is 1.33. The highest BCUT2D eigenvalue weighted by atomic mass is 16.2. The number of amides is 1. The molecule has 1 fully saturated rings. The van der Waals surface area contributed by atoms with Crippen molar-refractivity contribution in [3.05, 3.63) is 51.4 Å². The first-order chi connectivity index (χ1) is 13.2. The van der Waals surface area contributed by atoms with E-state index in [1.54, 1.807) is 6.92 Å². The first-order valence-corrected chi connectivity index (χ1v) is 9.93. The van der Waals surface area contributed by atoms with E-state index in [2.05, 4.69) is 30.2 Å². The summed E-state index contributed by atoms with van der Waals surface area (Å²) in [6, 6.07) is 7.56. The minimum Gasteiger partial charge on any atom is -0.341 e. The Balaban J connectivity index is 1.88. The highest BCUT2D eigenvalue weighted by Crippen LogP contribution is 2.22. The van der Waals surface area contributed by atoms with Gasteiger partial charge in [-0.15, -0.1) is 0 Å². The number of likely N-dealkylation sites (tertiary alicyclic amines) is 1. The van der Waals surface area contributed by atoms with Crippen LogP contribution in [0.2, 0.25) is 0 Å². The molecule has 1 aliphatic heterocycles. The topological polar surface area (TPSA) is 67.2 Å². The van der Waals surface area contributed by atoms with Crippen molar-refractivity contribution in [2.45, 2.75) is 47.6 Å². The summed E-state index contributed by atoms with van der Waals surface area (Å²) in [4.78, 5) is 31.9. The zero-order valence-electron chi connectivity index (χ0n) is 17.5. The molecule has 6 heteroatoms. The molecule has 1 saturated heterocycles. The number of anilines is 2. The van der Waals surface area contributed by atoms with Gasteiger partial charge in [0.15, 0.2) is 0 Å². The fourth-order valence-electron chi connectivity index (χ4n) is 4.15. The van der Waals surface area contributed by atoms with Gasteiger partial charge in [0.05, 0.1) is 0 Å². The predicted octanol–water partition coefficient (Wildman–Crippen LogP) is 3.42. The molecule has 150 valence electrons. The predicted molar refractivity (Wildman–Crippen MR) is 112 cm³/mol. The molecule has 1 aliphatic rings. The molecule has 1 N–H and O–H groups in total. The van der Waals surface area contributed by atoms with Crippen LogP contribution >= 0.6 is 0 Å². The molecule has 0 spiro atoms. The zero-order chi connectivity index (χ0) is 20.4. The van der Waals surface area contributed by atoms with E-state index in [0.717, 1.165) is 36.3 Å². The van der Waals surface area contributed by atoms with Crippen molar-refractivity contribution in [3.8, 4) is 0 Å². The van der Waals surface area contributed by atoms with E-state index in [4.69, 9.17) is 0 Å². The fraction of sp³-hybridized carbons (Fsp3) is 0.500. The van der Waals surface area contributed by atoms with Crippen LogP contribution < -0.4 is 10.9 Å². The van der Waals surface area contributed by atoms with Crippen LogP contribution in [0.4, 0.5) is 11.6 Å². The third-order valence-electron chi connectivity index (χ3n) is 5.13. The van der Waals surface area contributed by atoms with E-state index in [1.807, 2.05) is 30.9 Å². The molecule has 3 rings (SSSR count). The van der Waals surface area contributed by atoms with E-state index < -0.39 is 0 Å². The molecule has 1 aromatic carbocycles. The van der Waals surface area contributed by atoms with Crippen molar-refractivity contribution in [1.29, 1.82) is 0 Å². The molecule has 0 unspecified atom stereocenters. The van der Waals surface area contributed by atoms with E-state index in [0.29, 0.717) is 23.5 Å². The molecule has 0 bridgehead atoms. The maximum absolute atomic E-state index is 12.9. The molecule has 1 amide bonds. The summed E-state index contributed by atoms with van der Waals surface area (Å²) in [6.45, 7) is 11.7. The Morgan fingerprint density at radius 2 is 1.68 bits per heavy atom. The second-order valence-electron chi connectivity index (χ2n) is 8.39. The van der Waals surface area contributed by atoms with Crippen LogP contribution in [0, 0.1) is 32.6 Å². The molecule has 0 saturated carbocycles. The summed E-state index contributed by atoms with van der Waals surface area (Å²) < 4.78 is 1.44. The van der Waals surface area contributed by atoms with Gasteiger partial charge >= 0.3 is 0 Å². The Kier molecular flexibility index (Phi) is 5.87. The number of nitrogens with zero attached hydrogens (tertiary/aromatic N) is 3. The highest BCUT2D eigenvalue weighted by Gasteiger charge is 2.26. The number of piperidine rings is 1. The molecule has 2 heterocycles. The molecule has 1 aromatic heterocycles. The largest absolute Gasteiger partial charge is 0.341 e. The molecule has 0 aliphatic carbocycles. The van der Waals surface area contributed by atoms with Gasteiger partial charge < -0.3 is 10.2 Å². The summed E-state index contributed by atoms with van der Waals surface area (Å²) in [5.41, 5.74) is 3.51. The number of rotatable bonds is 4. The molecular formula is C22H30N4O2. The number of carbonyl (C=O) groups excluding carboxylic acids is 1. The molecule has 2 aromatic rings. The van der Waals surface area contributed by atoms with Gasteiger partial charge in [-0.25, -0.2) is 4.98 Å². The Hall–Kier alpha value is -2.63. The lowest BCUT2D eigenvalue weighted by molar-refractivity contribution is -0.134. The van der Waals surface area contributed by atoms with Gasteiger partial charge in [0.2, 0.25) is 11.9 Å². The monoisotopic (exact) mass is 382 g/mol. The maximum atomic E-state index is 12.9. The number of benzene rings is 1. The lowest BCUT2D eigenvalue weighted by atomic mass is 9.92. The number of aryl methyl sites for hydroxylation is 3. The minimum atomic E-state index is -0.217. The van der Waals surface area contributed by atoms with E-state index in [9.17, 15) is 9.59 Å². The van der Waals surface area contributed by atoms with Crippen LogP contribution in [0.25, 0.3) is 0 Å². The summed E-state index contributed by atoms with van der Waals surface area (Å²) >= 11 is 0. The van der Waals surface area contributed by atoms with Crippen LogP contribution in [-0.4, -0.2) is 33.4 Å². The van der Waals surface area contributed by atoms with Gasteiger partial charge in [-0.1, -0.05) is 19.9 Å².